The van der Waals surface area contributed by atoms with Crippen LogP contribution in [0.1, 0.15) is 31.2 Å². The van der Waals surface area contributed by atoms with Gasteiger partial charge in [-0.3, -0.25) is 4.18 Å². The van der Waals surface area contributed by atoms with Gasteiger partial charge < -0.3 is 4.90 Å². The molecule has 2 aromatic heterocycles. The maximum absolute atomic E-state index is 13.2. The molecule has 0 saturated heterocycles. The molecule has 3 aromatic rings. The summed E-state index contributed by atoms with van der Waals surface area (Å²) in [5.41, 5.74) is 1.35. The summed E-state index contributed by atoms with van der Waals surface area (Å²) in [7, 11) is -1.79. The van der Waals surface area contributed by atoms with Crippen molar-refractivity contribution in [3.8, 4) is 0 Å². The first kappa shape index (κ1) is 21.9. The third-order valence-electron chi connectivity index (χ3n) is 5.80. The largest absolute Gasteiger partial charge is 0.356 e. The Balaban J connectivity index is 1.62. The van der Waals surface area contributed by atoms with Crippen molar-refractivity contribution in [2.75, 3.05) is 18.2 Å². The van der Waals surface area contributed by atoms with Crippen molar-refractivity contribution in [2.45, 2.75) is 49.6 Å². The maximum Gasteiger partial charge on any atom is 0.269 e. The van der Waals surface area contributed by atoms with Gasteiger partial charge in [0.2, 0.25) is 0 Å². The highest BCUT2D eigenvalue weighted by Crippen LogP contribution is 2.32. The topological polar surface area (TPSA) is 94.4 Å². The van der Waals surface area contributed by atoms with Crippen LogP contribution >= 0.6 is 0 Å². The van der Waals surface area contributed by atoms with Crippen LogP contribution in [0.15, 0.2) is 47.8 Å². The lowest BCUT2D eigenvalue weighted by Crippen LogP contribution is -2.37. The molecule has 1 aliphatic rings. The first-order valence-corrected chi connectivity index (χ1v) is 13.1. The van der Waals surface area contributed by atoms with Crippen molar-refractivity contribution < 1.29 is 16.8 Å². The molecule has 0 bridgehead atoms. The summed E-state index contributed by atoms with van der Waals surface area (Å²) in [5, 5.41) is 0.689. The lowest BCUT2D eigenvalue weighted by atomic mass is 9.92. The van der Waals surface area contributed by atoms with Crippen LogP contribution in [-0.2, 0) is 25.3 Å². The Labute approximate surface area is 185 Å². The second kappa shape index (κ2) is 8.68. The van der Waals surface area contributed by atoms with Gasteiger partial charge in [-0.05, 0) is 50.8 Å². The highest BCUT2D eigenvalue weighted by Gasteiger charge is 2.28. The Kier molecular flexibility index (Phi) is 6.14. The average Bonchev–Trinajstić information content (AvgIpc) is 3.19. The maximum atomic E-state index is 13.2. The van der Waals surface area contributed by atoms with Gasteiger partial charge in [-0.1, -0.05) is 17.7 Å². The third kappa shape index (κ3) is 4.37. The molecule has 10 heteroatoms. The molecule has 1 saturated carbocycles. The smallest absolute Gasteiger partial charge is 0.269 e. The van der Waals surface area contributed by atoms with E-state index in [1.165, 1.54) is 16.5 Å². The van der Waals surface area contributed by atoms with Gasteiger partial charge in [0.1, 0.15) is 12.1 Å². The van der Waals surface area contributed by atoms with Gasteiger partial charge in [-0.15, -0.1) is 0 Å². The molecule has 1 atom stereocenters. The van der Waals surface area contributed by atoms with Crippen molar-refractivity contribution in [1.82, 2.24) is 13.9 Å². The molecule has 1 aromatic carbocycles. The van der Waals surface area contributed by atoms with Gasteiger partial charge >= 0.3 is 0 Å². The minimum atomic E-state index is -3.76. The number of nitrogens with zero attached hydrogens (tertiary/aromatic N) is 4. The molecule has 1 unspecified atom stereocenters. The zero-order chi connectivity index (χ0) is 22.2. The lowest BCUT2D eigenvalue weighted by Gasteiger charge is -2.35. The highest BCUT2D eigenvalue weighted by atomic mass is 32.2. The fraction of sp³-hybridized carbons (Fsp3) is 0.429. The van der Waals surface area contributed by atoms with Crippen LogP contribution in [0.4, 0.5) is 5.82 Å². The summed E-state index contributed by atoms with van der Waals surface area (Å²) >= 11 is -1.26. The molecule has 1 fully saturated rings. The van der Waals surface area contributed by atoms with E-state index in [2.05, 4.69) is 14.9 Å². The molecule has 8 nitrogen and oxygen atoms in total. The van der Waals surface area contributed by atoms with E-state index in [1.54, 1.807) is 36.6 Å². The Morgan fingerprint density at radius 2 is 1.77 bits per heavy atom. The predicted octanol–water partition coefficient (Wildman–Crippen LogP) is 3.03. The van der Waals surface area contributed by atoms with Crippen molar-refractivity contribution in [1.29, 1.82) is 0 Å². The summed E-state index contributed by atoms with van der Waals surface area (Å²) in [6.07, 6.45) is 7.92. The van der Waals surface area contributed by atoms with Crippen LogP contribution in [0.5, 0.6) is 0 Å². The zero-order valence-electron chi connectivity index (χ0n) is 17.8. The minimum absolute atomic E-state index is 0.0154. The van der Waals surface area contributed by atoms with Gasteiger partial charge in [-0.25, -0.2) is 26.6 Å². The van der Waals surface area contributed by atoms with E-state index in [9.17, 15) is 12.6 Å². The number of rotatable bonds is 6. The van der Waals surface area contributed by atoms with E-state index in [0.717, 1.165) is 31.2 Å². The van der Waals surface area contributed by atoms with Gasteiger partial charge in [-0.2, -0.15) is 0 Å². The molecule has 0 amide bonds. The normalized spacial score (nSPS) is 20.6. The standard InChI is InChI=1S/C21H26N4O4S2/c1-15-4-10-18(11-5-15)31(27,28)25-13-12-19-20(22-14-23-21(19)25)24(2)16-6-8-17(9-7-16)29-30(3)26/h4-5,10-14,16-17H,6-9H2,1-3H3. The van der Waals surface area contributed by atoms with Crippen LogP contribution in [0.3, 0.4) is 0 Å². The van der Waals surface area contributed by atoms with Crippen LogP contribution in [0.25, 0.3) is 11.0 Å². The average molecular weight is 463 g/mol. The van der Waals surface area contributed by atoms with Gasteiger partial charge in [0.15, 0.2) is 16.7 Å². The van der Waals surface area contributed by atoms with Gasteiger partial charge in [0, 0.05) is 25.5 Å². The molecule has 166 valence electrons. The van der Waals surface area contributed by atoms with Gasteiger partial charge in [0.05, 0.1) is 16.4 Å². The van der Waals surface area contributed by atoms with E-state index in [1.807, 2.05) is 14.0 Å². The molecular weight excluding hydrogens is 436 g/mol. The predicted molar refractivity (Wildman–Crippen MR) is 121 cm³/mol. The summed E-state index contributed by atoms with van der Waals surface area (Å²) < 4.78 is 44.3. The van der Waals surface area contributed by atoms with E-state index in [4.69, 9.17) is 4.18 Å². The Morgan fingerprint density at radius 1 is 1.10 bits per heavy atom. The van der Waals surface area contributed by atoms with Crippen LogP contribution in [0.2, 0.25) is 0 Å². The number of fused-ring (bicyclic) bond motifs is 1. The summed E-state index contributed by atoms with van der Waals surface area (Å²) in [4.78, 5) is 11.0. The molecule has 0 radical (unpaired) electrons. The Bertz CT molecular complexity index is 1200. The van der Waals surface area contributed by atoms with E-state index < -0.39 is 21.1 Å². The molecule has 0 spiro atoms. The van der Waals surface area contributed by atoms with E-state index in [0.29, 0.717) is 16.9 Å². The molecule has 31 heavy (non-hydrogen) atoms. The van der Waals surface area contributed by atoms with Crippen LogP contribution < -0.4 is 4.90 Å². The molecule has 0 N–H and O–H groups in total. The zero-order valence-corrected chi connectivity index (χ0v) is 19.4. The Hall–Kier alpha value is -2.30. The monoisotopic (exact) mass is 462 g/mol. The molecule has 4 rings (SSSR count). The fourth-order valence-electron chi connectivity index (χ4n) is 4.11. The summed E-state index contributed by atoms with van der Waals surface area (Å²) in [6, 6.07) is 8.76. The number of hydrogen-bond donors (Lipinski definition) is 0. The van der Waals surface area contributed by atoms with Crippen molar-refractivity contribution >= 4 is 38.0 Å². The lowest BCUT2D eigenvalue weighted by molar-refractivity contribution is 0.165. The van der Waals surface area contributed by atoms with Crippen molar-refractivity contribution in [3.63, 3.8) is 0 Å². The summed E-state index contributed by atoms with van der Waals surface area (Å²) in [5.74, 6) is 0.700. The number of anilines is 1. The van der Waals surface area contributed by atoms with Crippen molar-refractivity contribution in [2.24, 2.45) is 0 Å². The van der Waals surface area contributed by atoms with Crippen molar-refractivity contribution in [3.05, 3.63) is 48.4 Å². The highest BCUT2D eigenvalue weighted by molar-refractivity contribution is 7.90. The Morgan fingerprint density at radius 3 is 2.42 bits per heavy atom. The molecular formula is C21H26N4O4S2. The van der Waals surface area contributed by atoms with Crippen LogP contribution in [-0.4, -0.2) is 52.0 Å². The molecule has 2 heterocycles. The van der Waals surface area contributed by atoms with Crippen LogP contribution in [0, 0.1) is 6.92 Å². The van der Waals surface area contributed by atoms with E-state index >= 15 is 0 Å². The van der Waals surface area contributed by atoms with Gasteiger partial charge in [0.25, 0.3) is 10.0 Å². The number of hydrogen-bond acceptors (Lipinski definition) is 7. The first-order chi connectivity index (χ1) is 14.8. The minimum Gasteiger partial charge on any atom is -0.356 e. The van der Waals surface area contributed by atoms with E-state index in [-0.39, 0.29) is 17.0 Å². The second-order valence-electron chi connectivity index (χ2n) is 7.90. The quantitative estimate of drug-likeness (QED) is 0.556. The number of aryl methyl sites for hydroxylation is 1. The second-order valence-corrected chi connectivity index (χ2v) is 10.7. The number of aromatic nitrogens is 3. The molecule has 1 aliphatic carbocycles. The third-order valence-corrected chi connectivity index (χ3v) is 8.03. The number of benzene rings is 1. The first-order valence-electron chi connectivity index (χ1n) is 10.1. The fourth-order valence-corrected chi connectivity index (χ4v) is 5.98. The summed E-state index contributed by atoms with van der Waals surface area (Å²) in [6.45, 7) is 1.91. The SMILES string of the molecule is Cc1ccc(S(=O)(=O)n2ccc3c(N(C)C4CCC(OS(C)=O)CC4)ncnc32)cc1. The molecule has 0 aliphatic heterocycles.